The molecule has 3 rings (SSSR count). The van der Waals surface area contributed by atoms with Crippen molar-refractivity contribution in [1.29, 1.82) is 0 Å². The summed E-state index contributed by atoms with van der Waals surface area (Å²) in [5.41, 5.74) is 3.16. The van der Waals surface area contributed by atoms with Gasteiger partial charge >= 0.3 is 0 Å². The van der Waals surface area contributed by atoms with Crippen LogP contribution in [0.25, 0.3) is 0 Å². The molecule has 1 aliphatic heterocycles. The number of hydrogen-bond acceptors (Lipinski definition) is 3. The number of halogens is 1. The number of rotatable bonds is 4. The highest BCUT2D eigenvalue weighted by atomic mass is 35.5. The van der Waals surface area contributed by atoms with E-state index in [1.165, 1.54) is 11.1 Å². The first-order valence-corrected chi connectivity index (χ1v) is 9.58. The highest BCUT2D eigenvalue weighted by Gasteiger charge is 2.39. The summed E-state index contributed by atoms with van der Waals surface area (Å²) in [6, 6.07) is 15.8. The van der Waals surface area contributed by atoms with Gasteiger partial charge in [0.05, 0.1) is 4.08 Å². The lowest BCUT2D eigenvalue weighted by Crippen LogP contribution is -2.20. The molecule has 2 aromatic carbocycles. The Morgan fingerprint density at radius 1 is 1.05 bits per heavy atom. The minimum absolute atomic E-state index is 0.174. The molecular weight excluding hydrogens is 332 g/mol. The van der Waals surface area contributed by atoms with E-state index in [1.807, 2.05) is 66.8 Å². The van der Waals surface area contributed by atoms with Crippen molar-refractivity contribution in [2.24, 2.45) is 0 Å². The fourth-order valence-electron chi connectivity index (χ4n) is 2.58. The van der Waals surface area contributed by atoms with E-state index >= 15 is 0 Å². The minimum Gasteiger partial charge on any atom is -0.294 e. The predicted molar refractivity (Wildman–Crippen MR) is 98.2 cm³/mol. The Bertz CT molecular complexity index is 658. The lowest BCUT2D eigenvalue weighted by atomic mass is 10.0. The van der Waals surface area contributed by atoms with Crippen molar-refractivity contribution >= 4 is 40.9 Å². The number of ketones is 1. The molecule has 0 amide bonds. The number of carbonyl (C=O) groups is 1. The number of hydrogen-bond donors (Lipinski definition) is 0. The van der Waals surface area contributed by atoms with Gasteiger partial charge < -0.3 is 0 Å². The summed E-state index contributed by atoms with van der Waals surface area (Å²) in [6.45, 7) is 2.03. The van der Waals surface area contributed by atoms with Crippen LogP contribution in [0.1, 0.15) is 27.9 Å². The lowest BCUT2D eigenvalue weighted by Gasteiger charge is -2.27. The molecule has 114 valence electrons. The zero-order valence-corrected chi connectivity index (χ0v) is 14.7. The minimum atomic E-state index is -0.174. The third kappa shape index (κ3) is 3.37. The molecule has 1 aliphatic rings. The van der Waals surface area contributed by atoms with Gasteiger partial charge in [-0.25, -0.2) is 0 Å². The predicted octanol–water partition coefficient (Wildman–Crippen LogP) is 5.55. The van der Waals surface area contributed by atoms with Crippen LogP contribution in [-0.2, 0) is 4.08 Å². The van der Waals surface area contributed by atoms with E-state index in [0.717, 1.165) is 22.1 Å². The number of Topliss-reactive ketones (excluding diaryl/α,β-unsaturated/α-hetero) is 1. The van der Waals surface area contributed by atoms with Crippen molar-refractivity contribution in [3.05, 3.63) is 70.2 Å². The molecule has 0 aliphatic carbocycles. The summed E-state index contributed by atoms with van der Waals surface area (Å²) in [5.74, 6) is 2.36. The fourth-order valence-corrected chi connectivity index (χ4v) is 5.94. The van der Waals surface area contributed by atoms with Gasteiger partial charge in [0.1, 0.15) is 0 Å². The third-order valence-corrected chi connectivity index (χ3v) is 7.53. The van der Waals surface area contributed by atoms with Crippen LogP contribution in [0.3, 0.4) is 0 Å². The van der Waals surface area contributed by atoms with Crippen molar-refractivity contribution in [3.63, 3.8) is 0 Å². The van der Waals surface area contributed by atoms with E-state index in [4.69, 9.17) is 11.6 Å². The van der Waals surface area contributed by atoms with Gasteiger partial charge in [-0.15, -0.1) is 23.5 Å². The van der Waals surface area contributed by atoms with Crippen molar-refractivity contribution in [3.8, 4) is 0 Å². The van der Waals surface area contributed by atoms with Crippen LogP contribution < -0.4 is 0 Å². The first-order chi connectivity index (χ1) is 10.6. The van der Waals surface area contributed by atoms with Crippen LogP contribution in [0.2, 0.25) is 5.02 Å². The second-order valence-electron chi connectivity index (χ2n) is 5.42. The van der Waals surface area contributed by atoms with Crippen molar-refractivity contribution < 1.29 is 4.79 Å². The third-order valence-electron chi connectivity index (χ3n) is 3.80. The maximum atomic E-state index is 12.7. The molecule has 22 heavy (non-hydrogen) atoms. The number of benzene rings is 2. The van der Waals surface area contributed by atoms with Gasteiger partial charge in [0, 0.05) is 28.5 Å². The van der Waals surface area contributed by atoms with Gasteiger partial charge in [0.2, 0.25) is 0 Å². The molecule has 0 bridgehead atoms. The average molecular weight is 349 g/mol. The average Bonchev–Trinajstić information content (AvgIpc) is 2.98. The van der Waals surface area contributed by atoms with E-state index in [2.05, 4.69) is 12.1 Å². The van der Waals surface area contributed by atoms with Gasteiger partial charge in [0.25, 0.3) is 0 Å². The Hall–Kier alpha value is -0.900. The highest BCUT2D eigenvalue weighted by Crippen LogP contribution is 2.54. The quantitative estimate of drug-likeness (QED) is 0.674. The highest BCUT2D eigenvalue weighted by molar-refractivity contribution is 8.20. The fraction of sp³-hybridized carbons (Fsp3) is 0.278. The normalized spacial score (nSPS) is 16.6. The van der Waals surface area contributed by atoms with Crippen LogP contribution >= 0.6 is 35.1 Å². The number of thioether (sulfide) groups is 2. The van der Waals surface area contributed by atoms with Gasteiger partial charge in [0.15, 0.2) is 5.78 Å². The molecule has 0 spiro atoms. The summed E-state index contributed by atoms with van der Waals surface area (Å²) in [7, 11) is 0. The second-order valence-corrected chi connectivity index (χ2v) is 8.91. The zero-order chi connectivity index (χ0) is 15.6. The first kappa shape index (κ1) is 16.0. The SMILES string of the molecule is Cc1ccc(C(=O)CC2(c3ccc(Cl)cc3)SCCS2)cc1. The zero-order valence-electron chi connectivity index (χ0n) is 12.3. The smallest absolute Gasteiger partial charge is 0.165 e. The van der Waals surface area contributed by atoms with Gasteiger partial charge in [-0.2, -0.15) is 0 Å². The monoisotopic (exact) mass is 348 g/mol. The van der Waals surface area contributed by atoms with Crippen LogP contribution in [0.4, 0.5) is 0 Å². The summed E-state index contributed by atoms with van der Waals surface area (Å²) < 4.78 is -0.174. The largest absolute Gasteiger partial charge is 0.294 e. The Balaban J connectivity index is 1.87. The molecule has 1 nitrogen and oxygen atoms in total. The van der Waals surface area contributed by atoms with E-state index in [9.17, 15) is 4.79 Å². The maximum absolute atomic E-state index is 12.7. The maximum Gasteiger partial charge on any atom is 0.165 e. The van der Waals surface area contributed by atoms with Gasteiger partial charge in [-0.3, -0.25) is 4.79 Å². The molecule has 0 N–H and O–H groups in total. The standard InChI is InChI=1S/C18H17ClOS2/c1-13-2-4-14(5-3-13)17(20)12-18(21-10-11-22-18)15-6-8-16(19)9-7-15/h2-9H,10-12H2,1H3. The first-order valence-electron chi connectivity index (χ1n) is 7.23. The van der Waals surface area contributed by atoms with E-state index in [0.29, 0.717) is 6.42 Å². The van der Waals surface area contributed by atoms with Crippen molar-refractivity contribution in [2.45, 2.75) is 17.4 Å². The molecule has 4 heteroatoms. The molecule has 2 aromatic rings. The van der Waals surface area contributed by atoms with Gasteiger partial charge in [-0.05, 0) is 24.6 Å². The molecule has 1 heterocycles. The Morgan fingerprint density at radius 3 is 2.23 bits per heavy atom. The lowest BCUT2D eigenvalue weighted by molar-refractivity contribution is 0.0979. The summed E-state index contributed by atoms with van der Waals surface area (Å²) in [5, 5.41) is 0.733. The molecular formula is C18H17ClOS2. The molecule has 0 atom stereocenters. The van der Waals surface area contributed by atoms with Gasteiger partial charge in [-0.1, -0.05) is 53.6 Å². The van der Waals surface area contributed by atoms with Crippen LogP contribution in [0.15, 0.2) is 48.5 Å². The molecule has 0 unspecified atom stereocenters. The molecule has 0 aromatic heterocycles. The van der Waals surface area contributed by atoms with Crippen LogP contribution in [0, 0.1) is 6.92 Å². The Labute approximate surface area is 144 Å². The van der Waals surface area contributed by atoms with Crippen molar-refractivity contribution in [2.75, 3.05) is 11.5 Å². The topological polar surface area (TPSA) is 17.1 Å². The van der Waals surface area contributed by atoms with E-state index in [1.54, 1.807) is 0 Å². The molecule has 0 radical (unpaired) electrons. The number of aryl methyl sites for hydroxylation is 1. The molecule has 1 saturated heterocycles. The van der Waals surface area contributed by atoms with Crippen molar-refractivity contribution in [1.82, 2.24) is 0 Å². The van der Waals surface area contributed by atoms with Crippen LogP contribution in [0.5, 0.6) is 0 Å². The van der Waals surface area contributed by atoms with E-state index in [-0.39, 0.29) is 9.86 Å². The second kappa shape index (κ2) is 6.69. The number of carbonyl (C=O) groups excluding carboxylic acids is 1. The van der Waals surface area contributed by atoms with E-state index < -0.39 is 0 Å². The summed E-state index contributed by atoms with van der Waals surface area (Å²) >= 11 is 9.75. The summed E-state index contributed by atoms with van der Waals surface area (Å²) in [4.78, 5) is 12.7. The summed E-state index contributed by atoms with van der Waals surface area (Å²) in [6.07, 6.45) is 0.521. The molecule has 1 fully saturated rings. The Morgan fingerprint density at radius 2 is 1.64 bits per heavy atom. The molecule has 0 saturated carbocycles. The Kier molecular flexibility index (Phi) is 4.86. The van der Waals surface area contributed by atoms with Crippen LogP contribution in [-0.4, -0.2) is 17.3 Å².